The Labute approximate surface area is 142 Å². The van der Waals surface area contributed by atoms with E-state index in [0.29, 0.717) is 10.6 Å². The van der Waals surface area contributed by atoms with Crippen LogP contribution in [0, 0.1) is 0 Å². The lowest BCUT2D eigenvalue weighted by atomic mass is 10.1. The van der Waals surface area contributed by atoms with Crippen LogP contribution in [0.2, 0.25) is 5.02 Å². The minimum absolute atomic E-state index is 0.0752. The van der Waals surface area contributed by atoms with Gasteiger partial charge >= 0.3 is 0 Å². The van der Waals surface area contributed by atoms with Crippen LogP contribution in [0.5, 0.6) is 0 Å². The minimum Gasteiger partial charge on any atom is -0.497 e. The van der Waals surface area contributed by atoms with Crippen molar-refractivity contribution in [3.05, 3.63) is 47.2 Å². The molecule has 23 heavy (non-hydrogen) atoms. The maximum Gasteiger partial charge on any atom is 0.253 e. The van der Waals surface area contributed by atoms with Gasteiger partial charge in [0.25, 0.3) is 5.91 Å². The van der Waals surface area contributed by atoms with E-state index in [1.807, 2.05) is 23.3 Å². The van der Waals surface area contributed by atoms with Gasteiger partial charge in [-0.3, -0.25) is 9.69 Å². The van der Waals surface area contributed by atoms with Gasteiger partial charge in [0.2, 0.25) is 0 Å². The van der Waals surface area contributed by atoms with Gasteiger partial charge in [-0.2, -0.15) is 0 Å². The monoisotopic (exact) mass is 334 g/mol. The van der Waals surface area contributed by atoms with Gasteiger partial charge in [-0.1, -0.05) is 17.7 Å². The Morgan fingerprint density at radius 2 is 2.17 bits per heavy atom. The van der Waals surface area contributed by atoms with E-state index in [9.17, 15) is 4.79 Å². The molecule has 3 rings (SSSR count). The van der Waals surface area contributed by atoms with Crippen molar-refractivity contribution in [1.29, 1.82) is 0 Å². The Morgan fingerprint density at radius 1 is 1.26 bits per heavy atom. The number of carbonyl (C=O) groups is 1. The SMILES string of the molecule is O=C(c1cccc(Cl)c1)N1CCCN(C[C@H]2CCC=CO2)CC1. The summed E-state index contributed by atoms with van der Waals surface area (Å²) >= 11 is 5.99. The Balaban J connectivity index is 1.55. The highest BCUT2D eigenvalue weighted by molar-refractivity contribution is 6.30. The molecule has 1 aromatic carbocycles. The molecule has 1 amide bonds. The zero-order valence-corrected chi connectivity index (χ0v) is 14.0. The third-order valence-corrected chi connectivity index (χ3v) is 4.67. The van der Waals surface area contributed by atoms with Crippen molar-refractivity contribution in [3.63, 3.8) is 0 Å². The molecule has 0 saturated carbocycles. The van der Waals surface area contributed by atoms with Crippen LogP contribution in [0.25, 0.3) is 0 Å². The smallest absolute Gasteiger partial charge is 0.253 e. The van der Waals surface area contributed by atoms with Crippen LogP contribution < -0.4 is 0 Å². The van der Waals surface area contributed by atoms with Crippen LogP contribution in [0.15, 0.2) is 36.6 Å². The second kappa shape index (κ2) is 7.84. The van der Waals surface area contributed by atoms with Crippen molar-refractivity contribution in [1.82, 2.24) is 9.80 Å². The van der Waals surface area contributed by atoms with Crippen LogP contribution in [0.4, 0.5) is 0 Å². The molecule has 1 aromatic rings. The summed E-state index contributed by atoms with van der Waals surface area (Å²) in [4.78, 5) is 17.0. The first-order valence-corrected chi connectivity index (χ1v) is 8.68. The molecular weight excluding hydrogens is 312 g/mol. The molecule has 1 fully saturated rings. The summed E-state index contributed by atoms with van der Waals surface area (Å²) in [6, 6.07) is 7.20. The lowest BCUT2D eigenvalue weighted by Gasteiger charge is -2.27. The maximum absolute atomic E-state index is 12.6. The molecule has 1 atom stereocenters. The van der Waals surface area contributed by atoms with Crippen molar-refractivity contribution < 1.29 is 9.53 Å². The molecule has 4 nitrogen and oxygen atoms in total. The number of allylic oxidation sites excluding steroid dienone is 1. The highest BCUT2D eigenvalue weighted by atomic mass is 35.5. The molecular formula is C18H23ClN2O2. The van der Waals surface area contributed by atoms with Crippen molar-refractivity contribution in [2.45, 2.75) is 25.4 Å². The van der Waals surface area contributed by atoms with E-state index in [2.05, 4.69) is 11.0 Å². The third kappa shape index (κ3) is 4.49. The van der Waals surface area contributed by atoms with Crippen LogP contribution in [-0.4, -0.2) is 54.5 Å². The Morgan fingerprint density at radius 3 is 2.96 bits per heavy atom. The van der Waals surface area contributed by atoms with E-state index in [-0.39, 0.29) is 12.0 Å². The number of amides is 1. The van der Waals surface area contributed by atoms with Gasteiger partial charge < -0.3 is 9.64 Å². The lowest BCUT2D eigenvalue weighted by molar-refractivity contribution is 0.0726. The maximum atomic E-state index is 12.6. The average molecular weight is 335 g/mol. The number of ether oxygens (including phenoxy) is 1. The van der Waals surface area contributed by atoms with Gasteiger partial charge in [0.05, 0.1) is 6.26 Å². The van der Waals surface area contributed by atoms with E-state index >= 15 is 0 Å². The van der Waals surface area contributed by atoms with Gasteiger partial charge in [-0.05, 0) is 43.5 Å². The van der Waals surface area contributed by atoms with Crippen LogP contribution in [0.1, 0.15) is 29.6 Å². The number of rotatable bonds is 3. The summed E-state index contributed by atoms with van der Waals surface area (Å²) in [5, 5.41) is 0.606. The number of nitrogens with zero attached hydrogens (tertiary/aromatic N) is 2. The number of halogens is 1. The number of hydrogen-bond donors (Lipinski definition) is 0. The molecule has 124 valence electrons. The van der Waals surface area contributed by atoms with Crippen LogP contribution in [-0.2, 0) is 4.74 Å². The molecule has 2 aliphatic rings. The third-order valence-electron chi connectivity index (χ3n) is 4.43. The van der Waals surface area contributed by atoms with Crippen molar-refractivity contribution in [2.75, 3.05) is 32.7 Å². The van der Waals surface area contributed by atoms with E-state index in [4.69, 9.17) is 16.3 Å². The second-order valence-electron chi connectivity index (χ2n) is 6.16. The predicted molar refractivity (Wildman–Crippen MR) is 91.7 cm³/mol. The van der Waals surface area contributed by atoms with Crippen molar-refractivity contribution >= 4 is 17.5 Å². The summed E-state index contributed by atoms with van der Waals surface area (Å²) < 4.78 is 5.66. The largest absolute Gasteiger partial charge is 0.497 e. The Kier molecular flexibility index (Phi) is 5.57. The molecule has 0 N–H and O–H groups in total. The Hall–Kier alpha value is -1.52. The first-order chi connectivity index (χ1) is 11.2. The number of benzene rings is 1. The topological polar surface area (TPSA) is 32.8 Å². The van der Waals surface area contributed by atoms with Gasteiger partial charge in [0.15, 0.2) is 0 Å². The fourth-order valence-electron chi connectivity index (χ4n) is 3.17. The molecule has 0 unspecified atom stereocenters. The van der Waals surface area contributed by atoms with E-state index in [0.717, 1.165) is 52.0 Å². The second-order valence-corrected chi connectivity index (χ2v) is 6.60. The molecule has 2 heterocycles. The molecule has 0 bridgehead atoms. The number of carbonyl (C=O) groups excluding carboxylic acids is 1. The molecule has 0 aromatic heterocycles. The normalized spacial score (nSPS) is 22.5. The van der Waals surface area contributed by atoms with Gasteiger partial charge in [0, 0.05) is 43.3 Å². The molecule has 2 aliphatic heterocycles. The van der Waals surface area contributed by atoms with E-state index in [1.54, 1.807) is 12.1 Å². The quantitative estimate of drug-likeness (QED) is 0.851. The predicted octanol–water partition coefficient (Wildman–Crippen LogP) is 3.18. The minimum atomic E-state index is 0.0752. The highest BCUT2D eigenvalue weighted by Gasteiger charge is 2.22. The van der Waals surface area contributed by atoms with E-state index < -0.39 is 0 Å². The van der Waals surface area contributed by atoms with E-state index in [1.165, 1.54) is 0 Å². The highest BCUT2D eigenvalue weighted by Crippen LogP contribution is 2.16. The first-order valence-electron chi connectivity index (χ1n) is 8.30. The number of hydrogen-bond acceptors (Lipinski definition) is 3. The fraction of sp³-hybridized carbons (Fsp3) is 0.500. The molecule has 0 radical (unpaired) electrons. The summed E-state index contributed by atoms with van der Waals surface area (Å²) in [6.07, 6.45) is 7.35. The molecule has 0 aliphatic carbocycles. The summed E-state index contributed by atoms with van der Waals surface area (Å²) in [7, 11) is 0. The van der Waals surface area contributed by atoms with Crippen LogP contribution >= 0.6 is 11.6 Å². The zero-order chi connectivity index (χ0) is 16.1. The van der Waals surface area contributed by atoms with Gasteiger partial charge in [-0.25, -0.2) is 0 Å². The first kappa shape index (κ1) is 16.3. The lowest BCUT2D eigenvalue weighted by Crippen LogP contribution is -2.38. The molecule has 5 heteroatoms. The fourth-order valence-corrected chi connectivity index (χ4v) is 3.36. The van der Waals surface area contributed by atoms with Gasteiger partial charge in [0.1, 0.15) is 6.10 Å². The molecule has 1 saturated heterocycles. The Bertz CT molecular complexity index is 576. The zero-order valence-electron chi connectivity index (χ0n) is 13.3. The van der Waals surface area contributed by atoms with Crippen molar-refractivity contribution in [3.8, 4) is 0 Å². The summed E-state index contributed by atoms with van der Waals surface area (Å²) in [5.41, 5.74) is 0.673. The van der Waals surface area contributed by atoms with Crippen LogP contribution in [0.3, 0.4) is 0 Å². The van der Waals surface area contributed by atoms with Crippen molar-refractivity contribution in [2.24, 2.45) is 0 Å². The average Bonchev–Trinajstić information content (AvgIpc) is 2.81. The van der Waals surface area contributed by atoms with Gasteiger partial charge in [-0.15, -0.1) is 0 Å². The standard InChI is InChI=1S/C18H23ClN2O2/c19-16-6-3-5-15(13-16)18(22)21-9-4-8-20(10-11-21)14-17-7-1-2-12-23-17/h2-3,5-6,12-13,17H,1,4,7-11,14H2/t17-/m1/s1. The summed E-state index contributed by atoms with van der Waals surface area (Å²) in [5.74, 6) is 0.0752. The summed E-state index contributed by atoms with van der Waals surface area (Å²) in [6.45, 7) is 4.42. The molecule has 0 spiro atoms.